The first-order chi connectivity index (χ1) is 12.9. The van der Waals surface area contributed by atoms with Crippen molar-refractivity contribution in [3.05, 3.63) is 30.3 Å². The molecule has 1 aromatic carbocycles. The van der Waals surface area contributed by atoms with E-state index in [9.17, 15) is 0 Å². The molecule has 26 heavy (non-hydrogen) atoms. The Kier molecular flexibility index (Phi) is 4.55. The van der Waals surface area contributed by atoms with Crippen molar-refractivity contribution < 1.29 is 0 Å². The number of para-hydroxylation sites is 1. The molecule has 3 heterocycles. The molecule has 6 nitrogen and oxygen atoms in total. The number of piperazine rings is 1. The van der Waals surface area contributed by atoms with Crippen LogP contribution in [0.4, 0.5) is 5.69 Å². The predicted octanol–water partition coefficient (Wildman–Crippen LogP) is 2.35. The van der Waals surface area contributed by atoms with Gasteiger partial charge in [0.15, 0.2) is 0 Å². The molecule has 0 bridgehead atoms. The van der Waals surface area contributed by atoms with Crippen LogP contribution in [-0.2, 0) is 0 Å². The third kappa shape index (κ3) is 3.09. The van der Waals surface area contributed by atoms with Crippen molar-refractivity contribution in [3.63, 3.8) is 0 Å². The smallest absolute Gasteiger partial charge is 0.0989 e. The standard InChI is InChI=1S/C20H30N6/c1-2-5-16(6-3-1)25-13-11-24(12-14-25)15-26-10-4-7-17-19(26)9-8-18-20(17)22-23-21-18/h1-3,5-6,17-20H,4,7-15H2,(H,21,22)/t17-,18?,19+,20?/m1/s1. The molecule has 0 spiro atoms. The molecule has 4 atom stereocenters. The number of likely N-dealkylation sites (tertiary alicyclic amines) is 1. The predicted molar refractivity (Wildman–Crippen MR) is 103 cm³/mol. The first-order valence-corrected chi connectivity index (χ1v) is 10.3. The summed E-state index contributed by atoms with van der Waals surface area (Å²) in [7, 11) is 0. The third-order valence-electron chi connectivity index (χ3n) is 6.86. The Bertz CT molecular complexity index is 626. The topological polar surface area (TPSA) is 46.5 Å². The van der Waals surface area contributed by atoms with E-state index in [0.29, 0.717) is 24.0 Å². The van der Waals surface area contributed by atoms with Gasteiger partial charge in [-0.2, -0.15) is 5.11 Å². The van der Waals surface area contributed by atoms with Crippen LogP contribution in [0.25, 0.3) is 0 Å². The number of piperidine rings is 1. The molecule has 0 aromatic heterocycles. The molecular formula is C20H30N6. The molecule has 1 N–H and O–H groups in total. The lowest BCUT2D eigenvalue weighted by atomic mass is 9.73. The highest BCUT2D eigenvalue weighted by Gasteiger charge is 2.45. The molecule has 1 aromatic rings. The van der Waals surface area contributed by atoms with E-state index in [-0.39, 0.29) is 0 Å². The average Bonchev–Trinajstić information content (AvgIpc) is 3.19. The molecule has 3 aliphatic heterocycles. The van der Waals surface area contributed by atoms with Crippen molar-refractivity contribution in [2.24, 2.45) is 16.3 Å². The van der Waals surface area contributed by atoms with Gasteiger partial charge in [0, 0.05) is 43.8 Å². The van der Waals surface area contributed by atoms with Crippen LogP contribution in [0.1, 0.15) is 25.7 Å². The quantitative estimate of drug-likeness (QED) is 0.905. The molecular weight excluding hydrogens is 324 g/mol. The molecule has 140 valence electrons. The van der Waals surface area contributed by atoms with E-state index in [2.05, 4.69) is 60.8 Å². The van der Waals surface area contributed by atoms with Gasteiger partial charge in [-0.05, 0) is 44.4 Å². The maximum absolute atomic E-state index is 4.53. The summed E-state index contributed by atoms with van der Waals surface area (Å²) in [5.74, 6) is 0.701. The fourth-order valence-electron chi connectivity index (χ4n) is 5.47. The summed E-state index contributed by atoms with van der Waals surface area (Å²) in [6, 6.07) is 12.5. The second kappa shape index (κ2) is 7.16. The highest BCUT2D eigenvalue weighted by molar-refractivity contribution is 5.46. The minimum absolute atomic E-state index is 0.423. The molecule has 5 rings (SSSR count). The molecule has 6 heteroatoms. The summed E-state index contributed by atoms with van der Waals surface area (Å²) in [5.41, 5.74) is 4.60. The number of benzene rings is 1. The first-order valence-electron chi connectivity index (χ1n) is 10.3. The van der Waals surface area contributed by atoms with Crippen molar-refractivity contribution >= 4 is 5.69 Å². The Morgan fingerprint density at radius 3 is 2.65 bits per heavy atom. The van der Waals surface area contributed by atoms with Crippen LogP contribution in [0.15, 0.2) is 40.7 Å². The maximum atomic E-state index is 4.53. The summed E-state index contributed by atoms with van der Waals surface area (Å²) in [5, 5.41) is 8.67. The van der Waals surface area contributed by atoms with E-state index in [1.165, 1.54) is 37.9 Å². The van der Waals surface area contributed by atoms with Crippen LogP contribution in [0.5, 0.6) is 0 Å². The summed E-state index contributed by atoms with van der Waals surface area (Å²) in [4.78, 5) is 7.93. The Morgan fingerprint density at radius 1 is 0.962 bits per heavy atom. The van der Waals surface area contributed by atoms with Gasteiger partial charge in [0.2, 0.25) is 0 Å². The lowest BCUT2D eigenvalue weighted by Gasteiger charge is -2.49. The second-order valence-corrected chi connectivity index (χ2v) is 8.29. The number of fused-ring (bicyclic) bond motifs is 3. The number of rotatable bonds is 3. The number of nitrogens with zero attached hydrogens (tertiary/aromatic N) is 5. The summed E-state index contributed by atoms with van der Waals surface area (Å²) in [6.45, 7) is 6.98. The number of hydrogen-bond acceptors (Lipinski definition) is 6. The van der Waals surface area contributed by atoms with Gasteiger partial charge < -0.3 is 4.90 Å². The molecule has 4 aliphatic rings. The van der Waals surface area contributed by atoms with E-state index in [4.69, 9.17) is 0 Å². The molecule has 2 saturated heterocycles. The Morgan fingerprint density at radius 2 is 1.81 bits per heavy atom. The number of nitrogens with one attached hydrogen (secondary N) is 1. The molecule has 1 saturated carbocycles. The minimum Gasteiger partial charge on any atom is -0.369 e. The van der Waals surface area contributed by atoms with Crippen LogP contribution in [0.2, 0.25) is 0 Å². The van der Waals surface area contributed by atoms with Crippen LogP contribution in [-0.4, -0.2) is 67.3 Å². The third-order valence-corrected chi connectivity index (χ3v) is 6.86. The van der Waals surface area contributed by atoms with Gasteiger partial charge in [0.1, 0.15) is 0 Å². The van der Waals surface area contributed by atoms with Crippen molar-refractivity contribution in [1.29, 1.82) is 0 Å². The van der Waals surface area contributed by atoms with Crippen LogP contribution >= 0.6 is 0 Å². The number of anilines is 1. The van der Waals surface area contributed by atoms with Crippen LogP contribution < -0.4 is 10.3 Å². The molecule has 1 aliphatic carbocycles. The SMILES string of the molecule is c1ccc(N2CCN(CN3CCC[C@H]4C5N=NNC5CC[C@@H]43)CC2)cc1. The van der Waals surface area contributed by atoms with Gasteiger partial charge in [-0.15, -0.1) is 0 Å². The normalized spacial score (nSPS) is 35.0. The van der Waals surface area contributed by atoms with Crippen molar-refractivity contribution in [2.45, 2.75) is 43.8 Å². The lowest BCUT2D eigenvalue weighted by Crippen LogP contribution is -2.59. The average molecular weight is 355 g/mol. The van der Waals surface area contributed by atoms with Crippen molar-refractivity contribution in [1.82, 2.24) is 15.2 Å². The van der Waals surface area contributed by atoms with E-state index in [1.807, 2.05) is 0 Å². The van der Waals surface area contributed by atoms with Gasteiger partial charge in [0.05, 0.1) is 18.8 Å². The Hall–Kier alpha value is -1.66. The van der Waals surface area contributed by atoms with Gasteiger partial charge in [-0.1, -0.05) is 23.4 Å². The zero-order valence-electron chi connectivity index (χ0n) is 15.5. The van der Waals surface area contributed by atoms with Crippen molar-refractivity contribution in [3.8, 4) is 0 Å². The largest absolute Gasteiger partial charge is 0.369 e. The van der Waals surface area contributed by atoms with Gasteiger partial charge in [-0.25, -0.2) is 0 Å². The summed E-state index contributed by atoms with van der Waals surface area (Å²) >= 11 is 0. The van der Waals surface area contributed by atoms with Gasteiger partial charge in [0.25, 0.3) is 0 Å². The fraction of sp³-hybridized carbons (Fsp3) is 0.700. The van der Waals surface area contributed by atoms with E-state index in [0.717, 1.165) is 32.8 Å². The minimum atomic E-state index is 0.423. The van der Waals surface area contributed by atoms with Crippen LogP contribution in [0.3, 0.4) is 0 Å². The monoisotopic (exact) mass is 354 g/mol. The highest BCUT2D eigenvalue weighted by Crippen LogP contribution is 2.39. The zero-order valence-corrected chi connectivity index (χ0v) is 15.5. The van der Waals surface area contributed by atoms with Crippen molar-refractivity contribution in [2.75, 3.05) is 44.3 Å². The first kappa shape index (κ1) is 16.5. The molecule has 0 amide bonds. The van der Waals surface area contributed by atoms with E-state index < -0.39 is 0 Å². The van der Waals surface area contributed by atoms with E-state index in [1.54, 1.807) is 0 Å². The zero-order chi connectivity index (χ0) is 17.3. The fourth-order valence-corrected chi connectivity index (χ4v) is 5.47. The molecule has 3 fully saturated rings. The van der Waals surface area contributed by atoms with Crippen LogP contribution in [0, 0.1) is 5.92 Å². The highest BCUT2D eigenvalue weighted by atomic mass is 15.5. The Balaban J connectivity index is 1.19. The maximum Gasteiger partial charge on any atom is 0.0989 e. The van der Waals surface area contributed by atoms with Gasteiger partial charge >= 0.3 is 0 Å². The van der Waals surface area contributed by atoms with E-state index >= 15 is 0 Å². The summed E-state index contributed by atoms with van der Waals surface area (Å²) < 4.78 is 0. The Labute approximate surface area is 156 Å². The van der Waals surface area contributed by atoms with Gasteiger partial charge in [-0.3, -0.25) is 15.2 Å². The molecule has 0 radical (unpaired) electrons. The summed E-state index contributed by atoms with van der Waals surface area (Å²) in [6.07, 6.45) is 5.15. The lowest BCUT2D eigenvalue weighted by molar-refractivity contribution is 0.00214. The second-order valence-electron chi connectivity index (χ2n) is 8.29. The number of hydrogen-bond donors (Lipinski definition) is 1. The molecule has 2 unspecified atom stereocenters.